The second-order valence-corrected chi connectivity index (χ2v) is 11.8. The minimum absolute atomic E-state index is 0.0255. The van der Waals surface area contributed by atoms with Crippen molar-refractivity contribution >= 4 is 15.7 Å². The Balaban J connectivity index is 2.14. The molecule has 206 valence electrons. The maximum absolute atomic E-state index is 14.8. The third kappa shape index (κ3) is 7.25. The average Bonchev–Trinajstić information content (AvgIpc) is 2.87. The van der Waals surface area contributed by atoms with Crippen LogP contribution in [-0.2, 0) is 14.6 Å². The van der Waals surface area contributed by atoms with Gasteiger partial charge in [0, 0.05) is 6.26 Å². The molecule has 39 heavy (non-hydrogen) atoms. The Morgan fingerprint density at radius 3 is 1.85 bits per heavy atom. The van der Waals surface area contributed by atoms with Gasteiger partial charge in [0.15, 0.2) is 9.84 Å². The van der Waals surface area contributed by atoms with Gasteiger partial charge in [-0.25, -0.2) is 8.42 Å². The van der Waals surface area contributed by atoms with Crippen molar-refractivity contribution in [3.05, 3.63) is 90.0 Å². The minimum atomic E-state index is -4.85. The predicted octanol–water partition coefficient (Wildman–Crippen LogP) is 5.83. The Morgan fingerprint density at radius 2 is 1.44 bits per heavy atom. The molecule has 0 bridgehead atoms. The number of nitrogens with two attached hydrogens (primary N) is 1. The van der Waals surface area contributed by atoms with Crippen LogP contribution < -0.4 is 5.73 Å². The zero-order valence-electron chi connectivity index (χ0n) is 21.8. The van der Waals surface area contributed by atoms with E-state index in [1.54, 1.807) is 56.3 Å². The van der Waals surface area contributed by atoms with E-state index in [9.17, 15) is 31.6 Å². The number of alkyl halides is 3. The van der Waals surface area contributed by atoms with Crippen LogP contribution in [0.25, 0.3) is 11.1 Å². The third-order valence-electron chi connectivity index (χ3n) is 6.37. The van der Waals surface area contributed by atoms with Crippen LogP contribution in [-0.4, -0.2) is 37.7 Å². The molecule has 0 heterocycles. The van der Waals surface area contributed by atoms with E-state index < -0.39 is 40.0 Å². The molecule has 1 amide bonds. The van der Waals surface area contributed by atoms with Crippen LogP contribution >= 0.6 is 0 Å². The van der Waals surface area contributed by atoms with E-state index in [0.717, 1.165) is 11.2 Å². The molecule has 0 saturated heterocycles. The molecule has 3 rings (SSSR count). The summed E-state index contributed by atoms with van der Waals surface area (Å²) in [7, 11) is -3.40. The topological polar surface area (TPSA) is 104 Å². The molecule has 0 spiro atoms. The summed E-state index contributed by atoms with van der Waals surface area (Å²) in [5, 5.41) is 10.1. The van der Waals surface area contributed by atoms with Crippen LogP contribution in [0.2, 0.25) is 0 Å². The Morgan fingerprint density at radius 1 is 0.923 bits per heavy atom. The fourth-order valence-electron chi connectivity index (χ4n) is 4.57. The number of primary amides is 1. The molecule has 1 unspecified atom stereocenters. The predicted molar refractivity (Wildman–Crippen MR) is 143 cm³/mol. The standard InChI is InChI=1S/C29H30F3N3O3S/c1-19(2)17-25(28(34)36)35(26(18-33)22-7-5-4-6-8-22)27(29(30,31)32)23-11-9-20(10-12-23)21-13-15-24(16-14-21)39(3,37)38/h4-16,19,25-27H,17H2,1-3H3,(H2,34,36)/t25-,26?,27-/m0/s1. The highest BCUT2D eigenvalue weighted by molar-refractivity contribution is 7.90. The van der Waals surface area contributed by atoms with Gasteiger partial charge in [-0.05, 0) is 46.7 Å². The molecule has 0 saturated carbocycles. The SMILES string of the molecule is CC(C)C[C@@H](C(N)=O)N(C(C#N)c1ccccc1)[C@@H](c1ccc(-c2ccc(S(C)(=O)=O)cc2)cc1)C(F)(F)F. The zero-order valence-corrected chi connectivity index (χ0v) is 22.6. The fraction of sp³-hybridized carbons (Fsp3) is 0.310. The van der Waals surface area contributed by atoms with Crippen molar-refractivity contribution in [3.63, 3.8) is 0 Å². The lowest BCUT2D eigenvalue weighted by atomic mass is 9.92. The van der Waals surface area contributed by atoms with Gasteiger partial charge in [0.2, 0.25) is 5.91 Å². The van der Waals surface area contributed by atoms with Crippen molar-refractivity contribution in [1.29, 1.82) is 5.26 Å². The number of hydrogen-bond donors (Lipinski definition) is 1. The van der Waals surface area contributed by atoms with Gasteiger partial charge in [0.25, 0.3) is 0 Å². The Kier molecular flexibility index (Phi) is 9.20. The summed E-state index contributed by atoms with van der Waals surface area (Å²) in [5.74, 6) is -1.12. The van der Waals surface area contributed by atoms with Gasteiger partial charge in [-0.3, -0.25) is 9.69 Å². The van der Waals surface area contributed by atoms with Gasteiger partial charge in [0.05, 0.1) is 17.0 Å². The van der Waals surface area contributed by atoms with E-state index >= 15 is 0 Å². The van der Waals surface area contributed by atoms with Crippen LogP contribution in [0, 0.1) is 17.2 Å². The molecule has 0 fully saturated rings. The molecule has 3 aromatic carbocycles. The molecule has 0 aliphatic carbocycles. The first-order chi connectivity index (χ1) is 18.2. The number of hydrogen-bond acceptors (Lipinski definition) is 5. The van der Waals surface area contributed by atoms with Gasteiger partial charge in [-0.2, -0.15) is 18.4 Å². The lowest BCUT2D eigenvalue weighted by Crippen LogP contribution is -2.52. The fourth-order valence-corrected chi connectivity index (χ4v) is 5.20. The first kappa shape index (κ1) is 29.9. The molecule has 10 heteroatoms. The van der Waals surface area contributed by atoms with Crippen LogP contribution in [0.15, 0.2) is 83.8 Å². The van der Waals surface area contributed by atoms with Crippen LogP contribution in [0.3, 0.4) is 0 Å². The monoisotopic (exact) mass is 557 g/mol. The number of halogens is 3. The summed E-state index contributed by atoms with van der Waals surface area (Å²) >= 11 is 0. The van der Waals surface area contributed by atoms with E-state index in [0.29, 0.717) is 16.7 Å². The maximum Gasteiger partial charge on any atom is 0.408 e. The number of carbonyl (C=O) groups is 1. The zero-order chi connectivity index (χ0) is 29.0. The first-order valence-electron chi connectivity index (χ1n) is 12.2. The van der Waals surface area contributed by atoms with Crippen molar-refractivity contribution in [2.75, 3.05) is 6.26 Å². The number of nitrogens with zero attached hydrogens (tertiary/aromatic N) is 2. The van der Waals surface area contributed by atoms with Crippen molar-refractivity contribution in [3.8, 4) is 17.2 Å². The van der Waals surface area contributed by atoms with Gasteiger partial charge in [-0.1, -0.05) is 80.6 Å². The molecular weight excluding hydrogens is 527 g/mol. The molecule has 0 aromatic heterocycles. The quantitative estimate of drug-likeness (QED) is 0.338. The van der Waals surface area contributed by atoms with Crippen LogP contribution in [0.5, 0.6) is 0 Å². The minimum Gasteiger partial charge on any atom is -0.368 e. The number of carbonyl (C=O) groups excluding carboxylic acids is 1. The summed E-state index contributed by atoms with van der Waals surface area (Å²) in [6, 6.07) is 16.5. The summed E-state index contributed by atoms with van der Waals surface area (Å²) in [5.41, 5.74) is 6.99. The molecule has 0 aliphatic heterocycles. The second-order valence-electron chi connectivity index (χ2n) is 9.80. The highest BCUT2D eigenvalue weighted by atomic mass is 32.2. The number of sulfone groups is 1. The largest absolute Gasteiger partial charge is 0.408 e. The molecule has 2 N–H and O–H groups in total. The molecule has 3 atom stereocenters. The normalized spacial score (nSPS) is 14.5. The van der Waals surface area contributed by atoms with E-state index in [1.807, 2.05) is 6.07 Å². The van der Waals surface area contributed by atoms with Crippen LogP contribution in [0.1, 0.15) is 43.5 Å². The van der Waals surface area contributed by atoms with Crippen molar-refractivity contribution in [2.45, 2.75) is 49.5 Å². The highest BCUT2D eigenvalue weighted by Gasteiger charge is 2.50. The maximum atomic E-state index is 14.8. The molecule has 6 nitrogen and oxygen atoms in total. The van der Waals surface area contributed by atoms with E-state index in [2.05, 4.69) is 0 Å². The van der Waals surface area contributed by atoms with Crippen LogP contribution in [0.4, 0.5) is 13.2 Å². The lowest BCUT2D eigenvalue weighted by Gasteiger charge is -2.41. The molecular formula is C29H30F3N3O3S. The van der Waals surface area contributed by atoms with Crippen molar-refractivity contribution < 1.29 is 26.4 Å². The third-order valence-corrected chi connectivity index (χ3v) is 7.50. The Hall–Kier alpha value is -3.68. The molecule has 3 aromatic rings. The smallest absolute Gasteiger partial charge is 0.368 e. The first-order valence-corrected chi connectivity index (χ1v) is 14.1. The number of nitriles is 1. The van der Waals surface area contributed by atoms with Crippen molar-refractivity contribution in [2.24, 2.45) is 11.7 Å². The summed E-state index contributed by atoms with van der Waals surface area (Å²) in [4.78, 5) is 13.6. The summed E-state index contributed by atoms with van der Waals surface area (Å²) in [6.07, 6.45) is -3.74. The van der Waals surface area contributed by atoms with E-state index in [1.165, 1.54) is 36.4 Å². The molecule has 0 aliphatic rings. The number of amides is 1. The Bertz CT molecular complexity index is 1420. The van der Waals surface area contributed by atoms with Gasteiger partial charge >= 0.3 is 6.18 Å². The average molecular weight is 558 g/mol. The molecule has 0 radical (unpaired) electrons. The van der Waals surface area contributed by atoms with E-state index in [-0.39, 0.29) is 22.8 Å². The number of benzene rings is 3. The van der Waals surface area contributed by atoms with Crippen molar-refractivity contribution in [1.82, 2.24) is 4.90 Å². The Labute approximate surface area is 226 Å². The summed E-state index contributed by atoms with van der Waals surface area (Å²) in [6.45, 7) is 3.54. The lowest BCUT2D eigenvalue weighted by molar-refractivity contribution is -0.198. The van der Waals surface area contributed by atoms with E-state index in [4.69, 9.17) is 5.73 Å². The highest BCUT2D eigenvalue weighted by Crippen LogP contribution is 2.44. The van der Waals surface area contributed by atoms with Gasteiger partial charge < -0.3 is 5.73 Å². The second kappa shape index (κ2) is 12.0. The summed E-state index contributed by atoms with van der Waals surface area (Å²) < 4.78 is 68.0. The van der Waals surface area contributed by atoms with Gasteiger partial charge in [0.1, 0.15) is 12.1 Å². The number of rotatable bonds is 10. The van der Waals surface area contributed by atoms with Gasteiger partial charge in [-0.15, -0.1) is 0 Å².